The topological polar surface area (TPSA) is 102 Å². The molecule has 18 heavy (non-hydrogen) atoms. The minimum absolute atomic E-state index is 0. The summed E-state index contributed by atoms with van der Waals surface area (Å²) in [5.74, 6) is -0.143. The van der Waals surface area contributed by atoms with E-state index >= 15 is 0 Å². The van der Waals surface area contributed by atoms with Crippen molar-refractivity contribution in [2.24, 2.45) is 10.9 Å². The van der Waals surface area contributed by atoms with Crippen LogP contribution in [0.2, 0.25) is 0 Å². The van der Waals surface area contributed by atoms with E-state index in [1.165, 1.54) is 0 Å². The van der Waals surface area contributed by atoms with Crippen molar-refractivity contribution < 1.29 is 8.42 Å². The molecule has 7 heteroatoms. The fraction of sp³-hybridized carbons (Fsp3) is 0.273. The number of sulfonamides is 1. The van der Waals surface area contributed by atoms with Crippen LogP contribution in [0, 0.1) is 0 Å². The number of rotatable bonds is 4. The highest BCUT2D eigenvalue weighted by atomic mass is 35.5. The van der Waals surface area contributed by atoms with Crippen molar-refractivity contribution in [3.8, 4) is 0 Å². The molecule has 0 aliphatic rings. The highest BCUT2D eigenvalue weighted by Gasteiger charge is 2.08. The second-order valence-electron chi connectivity index (χ2n) is 4.04. The Kier molecular flexibility index (Phi) is 4.75. The van der Waals surface area contributed by atoms with Crippen molar-refractivity contribution in [3.63, 3.8) is 0 Å². The number of fused-ring (bicyclic) bond motifs is 1. The van der Waals surface area contributed by atoms with E-state index in [0.29, 0.717) is 12.1 Å². The van der Waals surface area contributed by atoms with Crippen molar-refractivity contribution in [2.75, 3.05) is 6.54 Å². The maximum atomic E-state index is 11.0. The van der Waals surface area contributed by atoms with E-state index in [1.807, 2.05) is 18.3 Å². The summed E-state index contributed by atoms with van der Waals surface area (Å²) in [6.45, 7) is 0.562. The summed E-state index contributed by atoms with van der Waals surface area (Å²) in [6, 6.07) is 5.46. The fourth-order valence-corrected chi connectivity index (χ4v) is 2.55. The minimum atomic E-state index is -3.49. The van der Waals surface area contributed by atoms with E-state index in [9.17, 15) is 8.42 Å². The number of hydrogen-bond acceptors (Lipinski definition) is 3. The summed E-state index contributed by atoms with van der Waals surface area (Å²) < 4.78 is 22.1. The zero-order chi connectivity index (χ0) is 12.5. The first-order valence-corrected chi connectivity index (χ1v) is 7.00. The lowest BCUT2D eigenvalue weighted by Crippen LogP contribution is -2.14. The van der Waals surface area contributed by atoms with E-state index in [1.54, 1.807) is 6.07 Å². The second kappa shape index (κ2) is 5.71. The van der Waals surface area contributed by atoms with Gasteiger partial charge in [0.05, 0.1) is 5.75 Å². The van der Waals surface area contributed by atoms with Crippen LogP contribution in [0.5, 0.6) is 0 Å². The van der Waals surface area contributed by atoms with Gasteiger partial charge in [-0.25, -0.2) is 13.6 Å². The minimum Gasteiger partial charge on any atom is -0.361 e. The van der Waals surface area contributed by atoms with E-state index in [0.717, 1.165) is 22.9 Å². The third kappa shape index (κ3) is 3.46. The summed E-state index contributed by atoms with van der Waals surface area (Å²) >= 11 is 0. The predicted octanol–water partition coefficient (Wildman–Crippen LogP) is 0.879. The average molecular weight is 290 g/mol. The Hall–Kier alpha value is -1.08. The van der Waals surface area contributed by atoms with Crippen molar-refractivity contribution in [3.05, 3.63) is 35.5 Å². The van der Waals surface area contributed by atoms with Crippen LogP contribution in [0.25, 0.3) is 10.9 Å². The van der Waals surface area contributed by atoms with Gasteiger partial charge in [0, 0.05) is 17.1 Å². The first kappa shape index (κ1) is 15.0. The van der Waals surface area contributed by atoms with Gasteiger partial charge >= 0.3 is 0 Å². The number of nitrogens with one attached hydrogen (secondary N) is 1. The van der Waals surface area contributed by atoms with Gasteiger partial charge in [0.25, 0.3) is 0 Å². The van der Waals surface area contributed by atoms with E-state index < -0.39 is 10.0 Å². The van der Waals surface area contributed by atoms with E-state index in [2.05, 4.69) is 4.98 Å². The molecule has 0 saturated heterocycles. The second-order valence-corrected chi connectivity index (χ2v) is 5.65. The maximum absolute atomic E-state index is 11.0. The Morgan fingerprint density at radius 3 is 2.61 bits per heavy atom. The lowest BCUT2D eigenvalue weighted by atomic mass is 10.1. The highest BCUT2D eigenvalue weighted by Crippen LogP contribution is 2.20. The predicted molar refractivity (Wildman–Crippen MR) is 75.1 cm³/mol. The molecule has 2 rings (SSSR count). The maximum Gasteiger partial charge on any atom is 0.213 e. The van der Waals surface area contributed by atoms with Gasteiger partial charge in [-0.1, -0.05) is 6.07 Å². The molecule has 5 N–H and O–H groups in total. The van der Waals surface area contributed by atoms with Crippen LogP contribution in [-0.2, 0) is 22.2 Å². The Balaban J connectivity index is 0.00000162. The van der Waals surface area contributed by atoms with Crippen LogP contribution in [0.15, 0.2) is 24.4 Å². The van der Waals surface area contributed by atoms with Crippen LogP contribution < -0.4 is 10.9 Å². The van der Waals surface area contributed by atoms with Crippen LogP contribution >= 0.6 is 12.4 Å². The van der Waals surface area contributed by atoms with Crippen LogP contribution in [0.4, 0.5) is 0 Å². The van der Waals surface area contributed by atoms with E-state index in [-0.39, 0.29) is 18.2 Å². The number of H-pyrrole nitrogens is 1. The van der Waals surface area contributed by atoms with Gasteiger partial charge in [0.2, 0.25) is 10.0 Å². The first-order valence-electron chi connectivity index (χ1n) is 5.29. The molecule has 2 aromatic rings. The van der Waals surface area contributed by atoms with Gasteiger partial charge in [-0.15, -0.1) is 12.4 Å². The number of aromatic amines is 1. The molecule has 0 bridgehead atoms. The monoisotopic (exact) mass is 289 g/mol. The third-order valence-corrected chi connectivity index (χ3v) is 3.35. The van der Waals surface area contributed by atoms with E-state index in [4.69, 9.17) is 10.9 Å². The SMILES string of the molecule is Cl.NCCc1c[nH]c2ccc(CS(N)(=O)=O)cc12. The zero-order valence-electron chi connectivity index (χ0n) is 9.72. The van der Waals surface area contributed by atoms with Gasteiger partial charge < -0.3 is 10.7 Å². The van der Waals surface area contributed by atoms with Gasteiger partial charge in [0.15, 0.2) is 0 Å². The molecule has 5 nitrogen and oxygen atoms in total. The van der Waals surface area contributed by atoms with Gasteiger partial charge in [-0.05, 0) is 36.2 Å². The summed E-state index contributed by atoms with van der Waals surface area (Å²) in [4.78, 5) is 3.13. The summed E-state index contributed by atoms with van der Waals surface area (Å²) in [7, 11) is -3.49. The molecule has 1 heterocycles. The molecule has 0 atom stereocenters. The summed E-state index contributed by atoms with van der Waals surface area (Å²) in [5, 5.41) is 6.04. The van der Waals surface area contributed by atoms with Gasteiger partial charge in [0.1, 0.15) is 0 Å². The molecule has 100 valence electrons. The first-order chi connectivity index (χ1) is 7.99. The molecule has 0 saturated carbocycles. The molecule has 0 aliphatic carbocycles. The van der Waals surface area contributed by atoms with Crippen LogP contribution in [0.1, 0.15) is 11.1 Å². The molecule has 0 aliphatic heterocycles. The van der Waals surface area contributed by atoms with Gasteiger partial charge in [-0.2, -0.15) is 0 Å². The number of halogens is 1. The summed E-state index contributed by atoms with van der Waals surface area (Å²) in [6.07, 6.45) is 2.66. The van der Waals surface area contributed by atoms with Crippen molar-refractivity contribution in [1.82, 2.24) is 4.98 Å². The van der Waals surface area contributed by atoms with Crippen molar-refractivity contribution in [2.45, 2.75) is 12.2 Å². The standard InChI is InChI=1S/C11H15N3O2S.ClH/c12-4-3-9-6-14-11-2-1-8(5-10(9)11)7-17(13,15)16;/h1-2,5-6,14H,3-4,7,12H2,(H2,13,15,16);1H. The molecule has 0 radical (unpaired) electrons. The third-order valence-electron chi connectivity index (χ3n) is 2.61. The number of aromatic nitrogens is 1. The Morgan fingerprint density at radius 1 is 1.28 bits per heavy atom. The number of benzene rings is 1. The lowest BCUT2D eigenvalue weighted by Gasteiger charge is -2.01. The lowest BCUT2D eigenvalue weighted by molar-refractivity contribution is 0.597. The molecule has 0 fully saturated rings. The van der Waals surface area contributed by atoms with Crippen LogP contribution in [-0.4, -0.2) is 19.9 Å². The Labute approximate surface area is 112 Å². The quantitative estimate of drug-likeness (QED) is 0.778. The fourth-order valence-electron chi connectivity index (χ4n) is 1.91. The number of hydrogen-bond donors (Lipinski definition) is 3. The molecule has 1 aromatic carbocycles. The Morgan fingerprint density at radius 2 is 2.00 bits per heavy atom. The molecular weight excluding hydrogens is 274 g/mol. The van der Waals surface area contributed by atoms with Crippen molar-refractivity contribution in [1.29, 1.82) is 0 Å². The van der Waals surface area contributed by atoms with Crippen LogP contribution in [0.3, 0.4) is 0 Å². The Bertz CT molecular complexity index is 637. The number of nitrogens with two attached hydrogens (primary N) is 2. The average Bonchev–Trinajstić information content (AvgIpc) is 2.59. The molecule has 0 amide bonds. The largest absolute Gasteiger partial charge is 0.361 e. The summed E-state index contributed by atoms with van der Waals surface area (Å²) in [5.41, 5.74) is 8.29. The zero-order valence-corrected chi connectivity index (χ0v) is 11.4. The molecule has 0 unspecified atom stereocenters. The highest BCUT2D eigenvalue weighted by molar-refractivity contribution is 7.88. The smallest absolute Gasteiger partial charge is 0.213 e. The molecule has 1 aromatic heterocycles. The van der Waals surface area contributed by atoms with Crippen molar-refractivity contribution >= 4 is 33.3 Å². The normalized spacial score (nSPS) is 11.4. The van der Waals surface area contributed by atoms with Gasteiger partial charge in [-0.3, -0.25) is 0 Å². The molecular formula is C11H16ClN3O2S. The molecule has 0 spiro atoms. The number of primary sulfonamides is 1.